The Morgan fingerprint density at radius 1 is 0.912 bits per heavy atom. The molecule has 0 atom stereocenters. The first-order valence-electron chi connectivity index (χ1n) is 11.5. The molecule has 0 radical (unpaired) electrons. The molecule has 0 aromatic heterocycles. The fourth-order valence-electron chi connectivity index (χ4n) is 2.34. The molecule has 4 N–H and O–H groups in total. The minimum Gasteiger partial charge on any atom is -0.484 e. The van der Waals surface area contributed by atoms with Crippen LogP contribution in [0, 0.1) is 22.7 Å². The predicted octanol–water partition coefficient (Wildman–Crippen LogP) is 2.84. The standard InChI is InChI=1S/C24H38N4O6.2H2/c1-17(2)15-28-21(29)9-11-31-13-14-32-12-10-27-22(30)16-33-20-7-5-19(6-8-20)24(26)34-23(25)18(3)4;;/h5-8,17-18,25-26H,9-16H2,1-4H3,(H,27,30)(H,28,29);2*1H. The van der Waals surface area contributed by atoms with Gasteiger partial charge in [0.05, 0.1) is 26.4 Å². The van der Waals surface area contributed by atoms with E-state index in [9.17, 15) is 9.59 Å². The fraction of sp³-hybridized carbons (Fsp3) is 0.583. The molecule has 1 aromatic rings. The molecular weight excluding hydrogens is 440 g/mol. The van der Waals surface area contributed by atoms with E-state index in [1.165, 1.54) is 0 Å². The number of hydrogen-bond acceptors (Lipinski definition) is 8. The molecule has 0 unspecified atom stereocenters. The van der Waals surface area contributed by atoms with Gasteiger partial charge in [-0.05, 0) is 30.2 Å². The number of rotatable bonds is 16. The molecule has 0 spiro atoms. The number of nitrogens with one attached hydrogen (secondary N) is 4. The molecule has 0 heterocycles. The van der Waals surface area contributed by atoms with E-state index in [-0.39, 0.29) is 39.0 Å². The molecule has 1 aromatic carbocycles. The van der Waals surface area contributed by atoms with Gasteiger partial charge in [0.15, 0.2) is 12.5 Å². The lowest BCUT2D eigenvalue weighted by Gasteiger charge is -2.11. The van der Waals surface area contributed by atoms with Crippen LogP contribution in [0.3, 0.4) is 0 Å². The summed E-state index contributed by atoms with van der Waals surface area (Å²) < 4.78 is 21.3. The third kappa shape index (κ3) is 13.5. The van der Waals surface area contributed by atoms with Gasteiger partial charge >= 0.3 is 0 Å². The van der Waals surface area contributed by atoms with Gasteiger partial charge < -0.3 is 29.6 Å². The molecule has 194 valence electrons. The highest BCUT2D eigenvalue weighted by Gasteiger charge is 2.10. The molecular formula is C24H42N4O6. The number of carbonyl (C=O) groups is 2. The summed E-state index contributed by atoms with van der Waals surface area (Å²) in [4.78, 5) is 23.4. The highest BCUT2D eigenvalue weighted by atomic mass is 16.5. The van der Waals surface area contributed by atoms with E-state index in [0.717, 1.165) is 0 Å². The number of ether oxygens (including phenoxy) is 4. The monoisotopic (exact) mass is 482 g/mol. The zero-order valence-electron chi connectivity index (χ0n) is 20.6. The van der Waals surface area contributed by atoms with Crippen LogP contribution in [0.5, 0.6) is 5.75 Å². The van der Waals surface area contributed by atoms with Gasteiger partial charge in [0.2, 0.25) is 11.8 Å². The summed E-state index contributed by atoms with van der Waals surface area (Å²) >= 11 is 0. The first-order chi connectivity index (χ1) is 16.2. The normalized spacial score (nSPS) is 10.8. The summed E-state index contributed by atoms with van der Waals surface area (Å²) in [5, 5.41) is 21.1. The molecule has 10 nitrogen and oxygen atoms in total. The molecule has 0 aliphatic heterocycles. The van der Waals surface area contributed by atoms with Crippen molar-refractivity contribution < 1.29 is 31.4 Å². The van der Waals surface area contributed by atoms with Crippen molar-refractivity contribution in [1.29, 1.82) is 10.8 Å². The average molecular weight is 483 g/mol. The van der Waals surface area contributed by atoms with Crippen LogP contribution in [-0.4, -0.2) is 69.7 Å². The Balaban J connectivity index is 0. The van der Waals surface area contributed by atoms with Crippen LogP contribution < -0.4 is 15.4 Å². The lowest BCUT2D eigenvalue weighted by Crippen LogP contribution is -2.32. The molecule has 0 aliphatic rings. The molecule has 0 aliphatic carbocycles. The van der Waals surface area contributed by atoms with Gasteiger partial charge in [-0.15, -0.1) is 0 Å². The number of amides is 2. The number of carbonyl (C=O) groups excluding carboxylic acids is 2. The number of benzene rings is 1. The van der Waals surface area contributed by atoms with E-state index in [1.807, 2.05) is 27.7 Å². The van der Waals surface area contributed by atoms with Crippen molar-refractivity contribution in [2.75, 3.05) is 46.1 Å². The van der Waals surface area contributed by atoms with Crippen molar-refractivity contribution in [2.24, 2.45) is 11.8 Å². The summed E-state index contributed by atoms with van der Waals surface area (Å²) in [5.74, 6) is 0.423. The Kier molecular flexibility index (Phi) is 14.2. The minimum atomic E-state index is -0.280. The van der Waals surface area contributed by atoms with E-state index in [0.29, 0.717) is 63.2 Å². The fourth-order valence-corrected chi connectivity index (χ4v) is 2.34. The van der Waals surface area contributed by atoms with Crippen LogP contribution in [0.4, 0.5) is 0 Å². The van der Waals surface area contributed by atoms with Crippen LogP contribution in [0.1, 0.15) is 42.5 Å². The Labute approximate surface area is 204 Å². The van der Waals surface area contributed by atoms with Gasteiger partial charge in [-0.3, -0.25) is 20.4 Å². The van der Waals surface area contributed by atoms with Crippen LogP contribution in [0.15, 0.2) is 24.3 Å². The summed E-state index contributed by atoms with van der Waals surface area (Å²) in [6, 6.07) is 6.54. The smallest absolute Gasteiger partial charge is 0.258 e. The van der Waals surface area contributed by atoms with E-state index in [1.54, 1.807) is 24.3 Å². The second-order valence-electron chi connectivity index (χ2n) is 8.29. The van der Waals surface area contributed by atoms with Crippen molar-refractivity contribution in [2.45, 2.75) is 34.1 Å². The second kappa shape index (κ2) is 16.6. The first kappa shape index (κ1) is 29.1. The van der Waals surface area contributed by atoms with Gasteiger partial charge in [-0.2, -0.15) is 0 Å². The quantitative estimate of drug-likeness (QED) is 0.162. The molecule has 10 heteroatoms. The summed E-state index contributed by atoms with van der Waals surface area (Å²) in [6.45, 7) is 10.0. The highest BCUT2D eigenvalue weighted by Crippen LogP contribution is 2.13. The summed E-state index contributed by atoms with van der Waals surface area (Å²) in [6.07, 6.45) is 0.324. The van der Waals surface area contributed by atoms with Gasteiger partial charge in [-0.25, -0.2) is 0 Å². The number of hydrogen-bond donors (Lipinski definition) is 4. The Bertz CT molecular complexity index is 791. The van der Waals surface area contributed by atoms with Crippen LogP contribution >= 0.6 is 0 Å². The first-order valence-corrected chi connectivity index (χ1v) is 11.5. The van der Waals surface area contributed by atoms with Gasteiger partial charge in [-0.1, -0.05) is 27.7 Å². The Morgan fingerprint density at radius 2 is 1.56 bits per heavy atom. The van der Waals surface area contributed by atoms with E-state index < -0.39 is 0 Å². The molecule has 2 amide bonds. The summed E-state index contributed by atoms with van der Waals surface area (Å²) in [7, 11) is 0. The molecule has 34 heavy (non-hydrogen) atoms. The molecule has 0 saturated carbocycles. The Morgan fingerprint density at radius 3 is 2.18 bits per heavy atom. The second-order valence-corrected chi connectivity index (χ2v) is 8.29. The lowest BCUT2D eigenvalue weighted by molar-refractivity contribution is -0.123. The average Bonchev–Trinajstić information content (AvgIpc) is 2.80. The van der Waals surface area contributed by atoms with Crippen LogP contribution in [0.25, 0.3) is 0 Å². The zero-order valence-corrected chi connectivity index (χ0v) is 20.6. The lowest BCUT2D eigenvalue weighted by atomic mass is 10.2. The highest BCUT2D eigenvalue weighted by molar-refractivity contribution is 5.99. The van der Waals surface area contributed by atoms with Crippen molar-refractivity contribution in [1.82, 2.24) is 10.6 Å². The maximum atomic E-state index is 11.9. The molecule has 0 saturated heterocycles. The topological polar surface area (TPSA) is 143 Å². The minimum absolute atomic E-state index is 0. The Hall–Kier alpha value is -2.98. The van der Waals surface area contributed by atoms with Crippen LogP contribution in [-0.2, 0) is 23.8 Å². The van der Waals surface area contributed by atoms with E-state index in [4.69, 9.17) is 29.8 Å². The largest absolute Gasteiger partial charge is 0.484 e. The van der Waals surface area contributed by atoms with Crippen molar-refractivity contribution >= 4 is 23.6 Å². The van der Waals surface area contributed by atoms with Gasteiger partial charge in [0, 0.05) is 33.8 Å². The van der Waals surface area contributed by atoms with Crippen molar-refractivity contribution in [3.05, 3.63) is 29.8 Å². The zero-order chi connectivity index (χ0) is 25.3. The molecule has 1 rings (SSSR count). The van der Waals surface area contributed by atoms with E-state index in [2.05, 4.69) is 10.6 Å². The maximum Gasteiger partial charge on any atom is 0.258 e. The van der Waals surface area contributed by atoms with E-state index >= 15 is 0 Å². The predicted molar refractivity (Wildman–Crippen MR) is 134 cm³/mol. The third-order valence-corrected chi connectivity index (χ3v) is 4.34. The SMILES string of the molecule is CC(C)CNC(=O)CCOCCOCCNC(=O)COc1ccc(C(=N)OC(=N)C(C)C)cc1.[HH].[HH]. The maximum absolute atomic E-state index is 11.9. The molecule has 0 bridgehead atoms. The summed E-state index contributed by atoms with van der Waals surface area (Å²) in [5.41, 5.74) is 0.512. The van der Waals surface area contributed by atoms with Crippen molar-refractivity contribution in [3.63, 3.8) is 0 Å². The van der Waals surface area contributed by atoms with Crippen LogP contribution in [0.2, 0.25) is 0 Å². The van der Waals surface area contributed by atoms with Gasteiger partial charge in [0.25, 0.3) is 5.91 Å². The van der Waals surface area contributed by atoms with Gasteiger partial charge in [0.1, 0.15) is 5.75 Å². The molecule has 0 fully saturated rings. The van der Waals surface area contributed by atoms with Crippen molar-refractivity contribution in [3.8, 4) is 5.75 Å². The third-order valence-electron chi connectivity index (χ3n) is 4.34.